The van der Waals surface area contributed by atoms with Crippen molar-refractivity contribution >= 4 is 41.2 Å². The lowest BCUT2D eigenvalue weighted by atomic mass is 10.1. The molecule has 0 fully saturated rings. The van der Waals surface area contributed by atoms with Gasteiger partial charge in [-0.2, -0.15) is 0 Å². The molecule has 2 aromatic rings. The van der Waals surface area contributed by atoms with Gasteiger partial charge in [0.25, 0.3) is 11.8 Å². The summed E-state index contributed by atoms with van der Waals surface area (Å²) in [6.45, 7) is 10.1. The van der Waals surface area contributed by atoms with Crippen molar-refractivity contribution in [3.63, 3.8) is 0 Å². The number of ether oxygens (including phenoxy) is 7. The zero-order valence-electron chi connectivity index (χ0n) is 34.2. The normalized spacial score (nSPS) is 16.0. The van der Waals surface area contributed by atoms with Gasteiger partial charge in [-0.15, -0.1) is 0 Å². The quantitative estimate of drug-likeness (QED) is 0.0525. The third kappa shape index (κ3) is 12.1. The fourth-order valence-corrected chi connectivity index (χ4v) is 6.35. The largest absolute Gasteiger partial charge is 0.493 e. The Labute approximate surface area is 343 Å². The third-order valence-corrected chi connectivity index (χ3v) is 9.00. The SMILES string of the molecule is C=CCOC(=O)Nc1cc(OCCCOc2cc(N)c(C(=O)N3C=C(C=CC)CC3COC(C)=O)cc2OC)c(OC)cc1C(=O)N1C=C(C=CC)CC1COC(C)=O. The van der Waals surface area contributed by atoms with Crippen molar-refractivity contribution in [3.8, 4) is 23.0 Å². The van der Waals surface area contributed by atoms with E-state index < -0.39 is 36.0 Å². The molecule has 4 rings (SSSR count). The number of esters is 2. The van der Waals surface area contributed by atoms with Crippen LogP contribution in [0.1, 0.15) is 67.7 Å². The molecule has 0 aromatic heterocycles. The van der Waals surface area contributed by atoms with E-state index in [2.05, 4.69) is 11.9 Å². The second-order valence-corrected chi connectivity index (χ2v) is 13.4. The second kappa shape index (κ2) is 21.7. The van der Waals surface area contributed by atoms with E-state index in [0.29, 0.717) is 25.0 Å². The molecule has 0 saturated carbocycles. The van der Waals surface area contributed by atoms with Crippen LogP contribution in [0.2, 0.25) is 0 Å². The fraction of sp³-hybridized carbons (Fsp3) is 0.372. The van der Waals surface area contributed by atoms with E-state index in [0.717, 1.165) is 11.1 Å². The molecular formula is C43H52N4O12. The molecule has 16 nitrogen and oxygen atoms in total. The molecule has 2 aliphatic heterocycles. The Morgan fingerprint density at radius 3 is 1.71 bits per heavy atom. The van der Waals surface area contributed by atoms with Crippen molar-refractivity contribution in [1.82, 2.24) is 9.80 Å². The fourth-order valence-electron chi connectivity index (χ4n) is 6.35. The number of hydrogen-bond donors (Lipinski definition) is 2. The summed E-state index contributed by atoms with van der Waals surface area (Å²) in [6, 6.07) is 5.04. The number of nitrogens with zero attached hydrogens (tertiary/aromatic N) is 2. The number of anilines is 2. The highest BCUT2D eigenvalue weighted by atomic mass is 16.6. The van der Waals surface area contributed by atoms with E-state index in [1.165, 1.54) is 68.2 Å². The van der Waals surface area contributed by atoms with Crippen LogP contribution in [-0.4, -0.2) is 99.0 Å². The first-order valence-electron chi connectivity index (χ1n) is 18.9. The second-order valence-electron chi connectivity index (χ2n) is 13.4. The van der Waals surface area contributed by atoms with Crippen LogP contribution in [0.25, 0.3) is 0 Å². The van der Waals surface area contributed by atoms with Gasteiger partial charge in [-0.25, -0.2) is 4.79 Å². The maximum absolute atomic E-state index is 14.1. The molecule has 2 unspecified atom stereocenters. The number of nitrogens with one attached hydrogen (secondary N) is 1. The molecule has 0 saturated heterocycles. The molecule has 0 bridgehead atoms. The molecule has 0 aliphatic carbocycles. The van der Waals surface area contributed by atoms with Crippen molar-refractivity contribution in [2.45, 2.75) is 59.0 Å². The minimum Gasteiger partial charge on any atom is -0.493 e. The summed E-state index contributed by atoms with van der Waals surface area (Å²) in [6.07, 6.45) is 12.7. The molecule has 2 aromatic carbocycles. The number of hydrogen-bond acceptors (Lipinski definition) is 13. The average molecular weight is 817 g/mol. The Kier molecular flexibility index (Phi) is 16.6. The van der Waals surface area contributed by atoms with Gasteiger partial charge in [-0.3, -0.25) is 24.5 Å². The topological polar surface area (TPSA) is 194 Å². The number of carbonyl (C=O) groups is 5. The van der Waals surface area contributed by atoms with Crippen molar-refractivity contribution < 1.29 is 57.1 Å². The molecule has 2 heterocycles. The van der Waals surface area contributed by atoms with Crippen LogP contribution < -0.4 is 30.0 Å². The number of allylic oxidation sites excluding steroid dienone is 4. The van der Waals surface area contributed by atoms with Crippen LogP contribution in [-0.2, 0) is 23.8 Å². The highest BCUT2D eigenvalue weighted by Gasteiger charge is 2.34. The summed E-state index contributed by atoms with van der Waals surface area (Å²) in [5, 5.41) is 2.62. The van der Waals surface area contributed by atoms with Crippen molar-refractivity contribution in [2.75, 3.05) is 58.3 Å². The first kappa shape index (κ1) is 45.0. The molecule has 3 N–H and O–H groups in total. The van der Waals surface area contributed by atoms with E-state index in [-0.39, 0.29) is 78.7 Å². The van der Waals surface area contributed by atoms with Crippen LogP contribution in [0.5, 0.6) is 23.0 Å². The Morgan fingerprint density at radius 1 is 0.746 bits per heavy atom. The van der Waals surface area contributed by atoms with Gasteiger partial charge in [-0.05, 0) is 50.0 Å². The van der Waals surface area contributed by atoms with Gasteiger partial charge in [0.2, 0.25) is 0 Å². The predicted molar refractivity (Wildman–Crippen MR) is 219 cm³/mol. The number of benzene rings is 2. The van der Waals surface area contributed by atoms with Gasteiger partial charge in [0, 0.05) is 50.5 Å². The number of amides is 3. The van der Waals surface area contributed by atoms with Gasteiger partial charge in [-0.1, -0.05) is 37.0 Å². The minimum absolute atomic E-state index is 0.0285. The zero-order valence-corrected chi connectivity index (χ0v) is 34.2. The van der Waals surface area contributed by atoms with Crippen LogP contribution in [0.4, 0.5) is 16.2 Å². The van der Waals surface area contributed by atoms with Crippen molar-refractivity contribution in [3.05, 3.63) is 95.9 Å². The number of nitrogens with two attached hydrogens (primary N) is 1. The molecule has 0 spiro atoms. The molecule has 59 heavy (non-hydrogen) atoms. The highest BCUT2D eigenvalue weighted by molar-refractivity contribution is 6.04. The summed E-state index contributed by atoms with van der Waals surface area (Å²) in [5.41, 5.74) is 8.64. The van der Waals surface area contributed by atoms with E-state index >= 15 is 0 Å². The van der Waals surface area contributed by atoms with Crippen LogP contribution in [0, 0.1) is 0 Å². The Hall–Kier alpha value is -6.71. The number of rotatable bonds is 19. The smallest absolute Gasteiger partial charge is 0.411 e. The van der Waals surface area contributed by atoms with Crippen molar-refractivity contribution in [2.24, 2.45) is 0 Å². The maximum atomic E-state index is 14.1. The molecule has 16 heteroatoms. The summed E-state index contributed by atoms with van der Waals surface area (Å²) in [5.74, 6) is -0.794. The summed E-state index contributed by atoms with van der Waals surface area (Å²) < 4.78 is 38.8. The minimum atomic E-state index is -0.829. The molecule has 0 radical (unpaired) electrons. The Morgan fingerprint density at radius 2 is 1.24 bits per heavy atom. The van der Waals surface area contributed by atoms with Gasteiger partial charge in [0.05, 0.1) is 56.3 Å². The van der Waals surface area contributed by atoms with Crippen molar-refractivity contribution in [1.29, 1.82) is 0 Å². The maximum Gasteiger partial charge on any atom is 0.411 e. The summed E-state index contributed by atoms with van der Waals surface area (Å²) in [7, 11) is 2.86. The Balaban J connectivity index is 1.50. The summed E-state index contributed by atoms with van der Waals surface area (Å²) in [4.78, 5) is 66.7. The number of methoxy groups -OCH3 is 2. The lowest BCUT2D eigenvalue weighted by molar-refractivity contribution is -0.143. The average Bonchev–Trinajstić information content (AvgIpc) is 3.81. The van der Waals surface area contributed by atoms with Gasteiger partial charge >= 0.3 is 18.0 Å². The Bertz CT molecular complexity index is 2020. The molecule has 3 amide bonds. The van der Waals surface area contributed by atoms with Crippen LogP contribution >= 0.6 is 0 Å². The number of carbonyl (C=O) groups excluding carboxylic acids is 5. The summed E-state index contributed by atoms with van der Waals surface area (Å²) >= 11 is 0. The first-order chi connectivity index (χ1) is 28.3. The van der Waals surface area contributed by atoms with Gasteiger partial charge in [0.15, 0.2) is 23.0 Å². The van der Waals surface area contributed by atoms with Crippen LogP contribution in [0.3, 0.4) is 0 Å². The lowest BCUT2D eigenvalue weighted by Crippen LogP contribution is -2.37. The predicted octanol–water partition coefficient (Wildman–Crippen LogP) is 6.34. The third-order valence-electron chi connectivity index (χ3n) is 9.00. The van der Waals surface area contributed by atoms with E-state index in [1.54, 1.807) is 12.4 Å². The van der Waals surface area contributed by atoms with Crippen LogP contribution in [0.15, 0.2) is 84.8 Å². The van der Waals surface area contributed by atoms with Gasteiger partial charge < -0.3 is 48.7 Å². The van der Waals surface area contributed by atoms with E-state index in [1.807, 2.05) is 38.2 Å². The monoisotopic (exact) mass is 816 g/mol. The van der Waals surface area contributed by atoms with E-state index in [9.17, 15) is 24.0 Å². The molecule has 316 valence electrons. The standard InChI is InChI=1S/C43H52N4O12/c1-8-12-29-17-31(25-58-27(4)48)46(23-29)41(50)33-19-37(53-6)39(21-35(33)44)55-15-11-16-56-40-22-36(45-43(52)57-14-10-3)34(20-38(40)54-7)42(51)47-24-30(13-9-2)18-32(47)26-59-28(5)49/h8-10,12-13,19-24,31-32H,3,11,14-18,25-26,44H2,1-2,4-7H3,(H,45,52). The first-order valence-corrected chi connectivity index (χ1v) is 18.9. The molecule has 2 aliphatic rings. The van der Waals surface area contributed by atoms with Gasteiger partial charge in [0.1, 0.15) is 19.8 Å². The molecule has 2 atom stereocenters. The zero-order chi connectivity index (χ0) is 43.1. The lowest BCUT2D eigenvalue weighted by Gasteiger charge is -2.25. The number of nitrogen functional groups attached to an aromatic ring is 1. The molecular weight excluding hydrogens is 764 g/mol. The highest BCUT2D eigenvalue weighted by Crippen LogP contribution is 2.37. The van der Waals surface area contributed by atoms with E-state index in [4.69, 9.17) is 38.9 Å².